The lowest BCUT2D eigenvalue weighted by Gasteiger charge is -2.33. The van der Waals surface area contributed by atoms with Gasteiger partial charge in [-0.1, -0.05) is 30.3 Å². The van der Waals surface area contributed by atoms with Gasteiger partial charge in [0.2, 0.25) is 0 Å². The Balaban J connectivity index is 1.74. The fourth-order valence-electron chi connectivity index (χ4n) is 2.37. The second-order valence-electron chi connectivity index (χ2n) is 5.06. The van der Waals surface area contributed by atoms with Crippen LogP contribution >= 0.6 is 0 Å². The number of amides is 1. The molecular formula is C16H17N3O2. The van der Waals surface area contributed by atoms with E-state index in [9.17, 15) is 4.79 Å². The fourth-order valence-corrected chi connectivity index (χ4v) is 2.37. The van der Waals surface area contributed by atoms with Crippen LogP contribution in [0.4, 0.5) is 0 Å². The molecular weight excluding hydrogens is 266 g/mol. The van der Waals surface area contributed by atoms with Crippen molar-refractivity contribution in [1.82, 2.24) is 14.9 Å². The van der Waals surface area contributed by atoms with Crippen LogP contribution in [-0.2, 0) is 4.74 Å². The molecule has 1 atom stereocenters. The molecule has 2 heterocycles. The highest BCUT2D eigenvalue weighted by atomic mass is 16.5. The zero-order valence-corrected chi connectivity index (χ0v) is 11.9. The number of hydrogen-bond donors (Lipinski definition) is 0. The minimum absolute atomic E-state index is 0.0812. The lowest BCUT2D eigenvalue weighted by molar-refractivity contribution is -0.0230. The molecule has 5 heteroatoms. The number of benzene rings is 1. The van der Waals surface area contributed by atoms with Crippen LogP contribution in [0.5, 0.6) is 0 Å². The molecule has 3 rings (SSSR count). The van der Waals surface area contributed by atoms with E-state index in [-0.39, 0.29) is 12.0 Å². The Labute approximate surface area is 123 Å². The number of rotatable bonds is 2. The van der Waals surface area contributed by atoms with Crippen molar-refractivity contribution in [3.63, 3.8) is 0 Å². The van der Waals surface area contributed by atoms with Crippen molar-refractivity contribution in [3.05, 3.63) is 59.7 Å². The Bertz CT molecular complexity index is 613. The Morgan fingerprint density at radius 2 is 2.05 bits per heavy atom. The number of hydrogen-bond acceptors (Lipinski definition) is 4. The van der Waals surface area contributed by atoms with E-state index in [1.165, 1.54) is 6.20 Å². The van der Waals surface area contributed by atoms with Crippen molar-refractivity contribution >= 4 is 5.91 Å². The average molecular weight is 283 g/mol. The standard InChI is InChI=1S/C16H17N3O2/c1-12-9-18-14(10-17-12)16(20)19-7-8-21-15(11-19)13-5-3-2-4-6-13/h2-6,9-10,15H,7-8,11H2,1H3/t15-/m0/s1. The van der Waals surface area contributed by atoms with Gasteiger partial charge in [-0.2, -0.15) is 0 Å². The van der Waals surface area contributed by atoms with E-state index in [4.69, 9.17) is 4.74 Å². The highest BCUT2D eigenvalue weighted by Gasteiger charge is 2.26. The van der Waals surface area contributed by atoms with Crippen molar-refractivity contribution in [1.29, 1.82) is 0 Å². The van der Waals surface area contributed by atoms with Crippen LogP contribution in [0.2, 0.25) is 0 Å². The first-order valence-corrected chi connectivity index (χ1v) is 6.98. The van der Waals surface area contributed by atoms with Gasteiger partial charge in [-0.3, -0.25) is 9.78 Å². The van der Waals surface area contributed by atoms with Gasteiger partial charge in [0.15, 0.2) is 0 Å². The van der Waals surface area contributed by atoms with E-state index in [0.29, 0.717) is 25.4 Å². The number of carbonyl (C=O) groups is 1. The molecule has 0 aliphatic carbocycles. The highest BCUT2D eigenvalue weighted by molar-refractivity contribution is 5.92. The maximum absolute atomic E-state index is 12.5. The molecule has 2 aromatic rings. The number of nitrogens with zero attached hydrogens (tertiary/aromatic N) is 3. The van der Waals surface area contributed by atoms with Gasteiger partial charge in [-0.05, 0) is 12.5 Å². The summed E-state index contributed by atoms with van der Waals surface area (Å²) in [7, 11) is 0. The van der Waals surface area contributed by atoms with Crippen LogP contribution in [-0.4, -0.2) is 40.5 Å². The van der Waals surface area contributed by atoms with E-state index in [1.807, 2.05) is 37.3 Å². The van der Waals surface area contributed by atoms with Gasteiger partial charge in [-0.25, -0.2) is 4.98 Å². The monoisotopic (exact) mass is 283 g/mol. The molecule has 1 aromatic carbocycles. The smallest absolute Gasteiger partial charge is 0.274 e. The molecule has 0 spiro atoms. The quantitative estimate of drug-likeness (QED) is 0.846. The van der Waals surface area contributed by atoms with Gasteiger partial charge in [0.05, 0.1) is 25.0 Å². The number of carbonyl (C=O) groups excluding carboxylic acids is 1. The summed E-state index contributed by atoms with van der Waals surface area (Å²) < 4.78 is 5.77. The van der Waals surface area contributed by atoms with E-state index in [2.05, 4.69) is 9.97 Å². The molecule has 0 N–H and O–H groups in total. The van der Waals surface area contributed by atoms with Gasteiger partial charge >= 0.3 is 0 Å². The van der Waals surface area contributed by atoms with Crippen molar-refractivity contribution in [2.45, 2.75) is 13.0 Å². The lowest BCUT2D eigenvalue weighted by Crippen LogP contribution is -2.42. The molecule has 0 radical (unpaired) electrons. The molecule has 5 nitrogen and oxygen atoms in total. The third-order valence-corrected chi connectivity index (χ3v) is 3.53. The Morgan fingerprint density at radius 1 is 1.24 bits per heavy atom. The van der Waals surface area contributed by atoms with E-state index in [0.717, 1.165) is 11.3 Å². The predicted molar refractivity (Wildman–Crippen MR) is 77.8 cm³/mol. The zero-order valence-electron chi connectivity index (χ0n) is 11.9. The third-order valence-electron chi connectivity index (χ3n) is 3.53. The number of morpholine rings is 1. The summed E-state index contributed by atoms with van der Waals surface area (Å²) in [5.41, 5.74) is 2.27. The normalized spacial score (nSPS) is 18.5. The summed E-state index contributed by atoms with van der Waals surface area (Å²) in [4.78, 5) is 22.5. The molecule has 1 amide bonds. The van der Waals surface area contributed by atoms with Crippen LogP contribution < -0.4 is 0 Å². The minimum Gasteiger partial charge on any atom is -0.370 e. The topological polar surface area (TPSA) is 55.3 Å². The summed E-state index contributed by atoms with van der Waals surface area (Å²) in [6.45, 7) is 3.50. The maximum atomic E-state index is 12.5. The molecule has 0 saturated carbocycles. The first kappa shape index (κ1) is 13.7. The summed E-state index contributed by atoms with van der Waals surface area (Å²) in [5, 5.41) is 0. The van der Waals surface area contributed by atoms with Gasteiger partial charge in [0.25, 0.3) is 5.91 Å². The molecule has 1 saturated heterocycles. The van der Waals surface area contributed by atoms with Gasteiger partial charge in [0.1, 0.15) is 11.8 Å². The van der Waals surface area contributed by atoms with Crippen molar-refractivity contribution in [2.75, 3.05) is 19.7 Å². The fraction of sp³-hybridized carbons (Fsp3) is 0.312. The van der Waals surface area contributed by atoms with Crippen molar-refractivity contribution in [3.8, 4) is 0 Å². The van der Waals surface area contributed by atoms with E-state index in [1.54, 1.807) is 11.1 Å². The third kappa shape index (κ3) is 3.08. The van der Waals surface area contributed by atoms with Crippen LogP contribution in [0, 0.1) is 6.92 Å². The van der Waals surface area contributed by atoms with Crippen LogP contribution in [0.1, 0.15) is 27.8 Å². The number of aromatic nitrogens is 2. The SMILES string of the molecule is Cc1cnc(C(=O)N2CCO[C@H](c3ccccc3)C2)cn1. The second-order valence-corrected chi connectivity index (χ2v) is 5.06. The summed E-state index contributed by atoms with van der Waals surface area (Å²) in [6, 6.07) is 9.96. The van der Waals surface area contributed by atoms with E-state index < -0.39 is 0 Å². The molecule has 21 heavy (non-hydrogen) atoms. The molecule has 1 aliphatic rings. The van der Waals surface area contributed by atoms with Crippen LogP contribution in [0.25, 0.3) is 0 Å². The largest absolute Gasteiger partial charge is 0.370 e. The Hall–Kier alpha value is -2.27. The first-order valence-electron chi connectivity index (χ1n) is 6.98. The zero-order chi connectivity index (χ0) is 14.7. The summed E-state index contributed by atoms with van der Waals surface area (Å²) in [6.07, 6.45) is 3.06. The number of aryl methyl sites for hydroxylation is 1. The van der Waals surface area contributed by atoms with Gasteiger partial charge in [0, 0.05) is 12.7 Å². The molecule has 1 fully saturated rings. The first-order chi connectivity index (χ1) is 10.2. The predicted octanol–water partition coefficient (Wildman–Crippen LogP) is 2.00. The Morgan fingerprint density at radius 3 is 2.76 bits per heavy atom. The number of ether oxygens (including phenoxy) is 1. The molecule has 1 aromatic heterocycles. The molecule has 1 aliphatic heterocycles. The second kappa shape index (κ2) is 6.01. The van der Waals surface area contributed by atoms with Crippen molar-refractivity contribution in [2.24, 2.45) is 0 Å². The van der Waals surface area contributed by atoms with Crippen LogP contribution in [0.15, 0.2) is 42.7 Å². The highest BCUT2D eigenvalue weighted by Crippen LogP contribution is 2.22. The van der Waals surface area contributed by atoms with E-state index >= 15 is 0 Å². The molecule has 0 unspecified atom stereocenters. The van der Waals surface area contributed by atoms with Crippen LogP contribution in [0.3, 0.4) is 0 Å². The molecule has 0 bridgehead atoms. The minimum atomic E-state index is -0.0910. The maximum Gasteiger partial charge on any atom is 0.274 e. The summed E-state index contributed by atoms with van der Waals surface area (Å²) in [5.74, 6) is -0.0910. The van der Waals surface area contributed by atoms with Crippen molar-refractivity contribution < 1.29 is 9.53 Å². The van der Waals surface area contributed by atoms with Gasteiger partial charge in [-0.15, -0.1) is 0 Å². The lowest BCUT2D eigenvalue weighted by atomic mass is 10.1. The van der Waals surface area contributed by atoms with Gasteiger partial charge < -0.3 is 9.64 Å². The average Bonchev–Trinajstić information content (AvgIpc) is 2.56. The molecule has 108 valence electrons. The summed E-state index contributed by atoms with van der Waals surface area (Å²) >= 11 is 0. The Kier molecular flexibility index (Phi) is 3.92.